The van der Waals surface area contributed by atoms with E-state index in [0.717, 1.165) is 17.0 Å². The fraction of sp³-hybridized carbons (Fsp3) is 0.571. The molecule has 1 atom stereocenters. The second-order valence-corrected chi connectivity index (χ2v) is 5.55. The number of hydrogen-bond acceptors (Lipinski definition) is 4. The van der Waals surface area contributed by atoms with Crippen molar-refractivity contribution < 1.29 is 17.9 Å². The highest BCUT2D eigenvalue weighted by Gasteiger charge is 2.43. The van der Waals surface area contributed by atoms with Gasteiger partial charge in [0.2, 0.25) is 0 Å². The maximum absolute atomic E-state index is 12.9. The first-order chi connectivity index (χ1) is 10.3. The lowest BCUT2D eigenvalue weighted by atomic mass is 10.2. The van der Waals surface area contributed by atoms with Crippen LogP contribution in [-0.4, -0.2) is 46.6 Å². The number of morpholine rings is 1. The molecule has 1 aliphatic heterocycles. The summed E-state index contributed by atoms with van der Waals surface area (Å²) in [5.41, 5.74) is 3.19. The van der Waals surface area contributed by atoms with Gasteiger partial charge in [-0.3, -0.25) is 0 Å². The van der Waals surface area contributed by atoms with Crippen LogP contribution in [0.15, 0.2) is 6.07 Å². The molecule has 0 saturated carbocycles. The van der Waals surface area contributed by atoms with E-state index in [1.165, 1.54) is 0 Å². The van der Waals surface area contributed by atoms with Gasteiger partial charge in [-0.1, -0.05) is 0 Å². The number of hydrogen-bond donors (Lipinski definition) is 0. The molecule has 2 aromatic heterocycles. The fourth-order valence-corrected chi connectivity index (χ4v) is 2.61. The second-order valence-electron chi connectivity index (χ2n) is 5.55. The topological polar surface area (TPSA) is 42.7 Å². The monoisotopic (exact) mass is 314 g/mol. The van der Waals surface area contributed by atoms with E-state index in [0.29, 0.717) is 18.0 Å². The van der Waals surface area contributed by atoms with Crippen molar-refractivity contribution in [2.24, 2.45) is 0 Å². The molecule has 1 aliphatic rings. The molecule has 0 spiro atoms. The average molecular weight is 314 g/mol. The molecular formula is C14H17F3N4O. The zero-order chi connectivity index (χ0) is 16.1. The summed E-state index contributed by atoms with van der Waals surface area (Å²) in [6, 6.07) is 1.76. The van der Waals surface area contributed by atoms with Crippen LogP contribution in [-0.2, 0) is 4.74 Å². The van der Waals surface area contributed by atoms with Gasteiger partial charge in [-0.15, -0.1) is 0 Å². The predicted octanol–water partition coefficient (Wildman–Crippen LogP) is 2.42. The summed E-state index contributed by atoms with van der Waals surface area (Å²) in [5, 5.41) is 4.41. The highest BCUT2D eigenvalue weighted by atomic mass is 19.4. The van der Waals surface area contributed by atoms with Crippen LogP contribution in [0.3, 0.4) is 0 Å². The number of halogens is 3. The van der Waals surface area contributed by atoms with Crippen LogP contribution >= 0.6 is 0 Å². The van der Waals surface area contributed by atoms with Crippen LogP contribution in [0, 0.1) is 20.8 Å². The zero-order valence-corrected chi connectivity index (χ0v) is 12.6. The molecule has 2 aromatic rings. The molecule has 0 aromatic carbocycles. The Morgan fingerprint density at radius 3 is 2.68 bits per heavy atom. The molecule has 8 heteroatoms. The maximum Gasteiger partial charge on any atom is 0.416 e. The summed E-state index contributed by atoms with van der Waals surface area (Å²) < 4.78 is 45.2. The van der Waals surface area contributed by atoms with Gasteiger partial charge in [0.1, 0.15) is 5.82 Å². The van der Waals surface area contributed by atoms with E-state index in [4.69, 9.17) is 4.74 Å². The molecular weight excluding hydrogens is 297 g/mol. The second kappa shape index (κ2) is 5.12. The number of aryl methyl sites for hydroxylation is 3. The summed E-state index contributed by atoms with van der Waals surface area (Å²) in [4.78, 5) is 6.10. The first-order valence-corrected chi connectivity index (χ1v) is 7.04. The Morgan fingerprint density at radius 1 is 1.27 bits per heavy atom. The van der Waals surface area contributed by atoms with Gasteiger partial charge in [0.15, 0.2) is 11.8 Å². The lowest BCUT2D eigenvalue weighted by molar-refractivity contribution is -0.221. The lowest BCUT2D eigenvalue weighted by Gasteiger charge is -2.35. The quantitative estimate of drug-likeness (QED) is 0.811. The van der Waals surface area contributed by atoms with Crippen molar-refractivity contribution >= 4 is 11.5 Å². The Morgan fingerprint density at radius 2 is 2.00 bits per heavy atom. The van der Waals surface area contributed by atoms with Gasteiger partial charge < -0.3 is 9.64 Å². The van der Waals surface area contributed by atoms with Gasteiger partial charge in [-0.05, 0) is 20.8 Å². The summed E-state index contributed by atoms with van der Waals surface area (Å²) in [5.74, 6) is 0.622. The Hall–Kier alpha value is -1.83. The van der Waals surface area contributed by atoms with Gasteiger partial charge in [0.05, 0.1) is 18.8 Å². The van der Waals surface area contributed by atoms with Crippen LogP contribution in [0.25, 0.3) is 5.65 Å². The number of ether oxygens (including phenoxy) is 1. The third-order valence-electron chi connectivity index (χ3n) is 3.92. The molecule has 0 amide bonds. The van der Waals surface area contributed by atoms with Gasteiger partial charge >= 0.3 is 6.18 Å². The predicted molar refractivity (Wildman–Crippen MR) is 75.2 cm³/mol. The minimum Gasteiger partial charge on any atom is -0.365 e. The van der Waals surface area contributed by atoms with Crippen LogP contribution < -0.4 is 4.90 Å². The van der Waals surface area contributed by atoms with Gasteiger partial charge in [-0.2, -0.15) is 22.8 Å². The minimum absolute atomic E-state index is 0.0340. The average Bonchev–Trinajstić information content (AvgIpc) is 2.73. The van der Waals surface area contributed by atoms with E-state index in [9.17, 15) is 13.2 Å². The molecule has 0 unspecified atom stereocenters. The van der Waals surface area contributed by atoms with E-state index >= 15 is 0 Å². The van der Waals surface area contributed by atoms with Gasteiger partial charge in [0.25, 0.3) is 0 Å². The van der Waals surface area contributed by atoms with E-state index in [2.05, 4.69) is 10.1 Å². The molecule has 0 N–H and O–H groups in total. The summed E-state index contributed by atoms with van der Waals surface area (Å²) in [6.07, 6.45) is -6.14. The Balaban J connectivity index is 2.04. The fourth-order valence-electron chi connectivity index (χ4n) is 2.61. The van der Waals surface area contributed by atoms with Crippen LogP contribution in [0.5, 0.6) is 0 Å². The summed E-state index contributed by atoms with van der Waals surface area (Å²) in [6.45, 7) is 5.79. The van der Waals surface area contributed by atoms with Crippen LogP contribution in [0.2, 0.25) is 0 Å². The standard InChI is InChI=1S/C14H17F3N4O/c1-8-6-12(21-13(18-8)9(2)10(3)19-21)20-4-5-22-11(7-20)14(15,16)17/h6,11H,4-5,7H2,1-3H3/t11-/m1/s1. The largest absolute Gasteiger partial charge is 0.416 e. The van der Waals surface area contributed by atoms with E-state index in [-0.39, 0.29) is 13.2 Å². The van der Waals surface area contributed by atoms with Crippen molar-refractivity contribution in [1.82, 2.24) is 14.6 Å². The maximum atomic E-state index is 12.9. The van der Waals surface area contributed by atoms with E-state index in [1.807, 2.05) is 20.8 Å². The Kier molecular flexibility index (Phi) is 3.51. The van der Waals surface area contributed by atoms with Gasteiger partial charge in [0, 0.05) is 23.9 Å². The van der Waals surface area contributed by atoms with Crippen molar-refractivity contribution in [1.29, 1.82) is 0 Å². The molecule has 1 saturated heterocycles. The third kappa shape index (κ3) is 2.51. The molecule has 3 heterocycles. The number of aromatic nitrogens is 3. The lowest BCUT2D eigenvalue weighted by Crippen LogP contribution is -2.49. The summed E-state index contributed by atoms with van der Waals surface area (Å²) in [7, 11) is 0. The molecule has 120 valence electrons. The van der Waals surface area contributed by atoms with E-state index in [1.54, 1.807) is 15.5 Å². The Labute approximate surface area is 125 Å². The first kappa shape index (κ1) is 15.1. The molecule has 3 rings (SSSR count). The third-order valence-corrected chi connectivity index (χ3v) is 3.92. The number of anilines is 1. The van der Waals surface area contributed by atoms with Crippen molar-refractivity contribution in [3.05, 3.63) is 23.0 Å². The molecule has 1 fully saturated rings. The number of fused-ring (bicyclic) bond motifs is 1. The highest BCUT2D eigenvalue weighted by Crippen LogP contribution is 2.29. The number of rotatable bonds is 1. The molecule has 22 heavy (non-hydrogen) atoms. The van der Waals surface area contributed by atoms with E-state index < -0.39 is 12.3 Å². The van der Waals surface area contributed by atoms with Gasteiger partial charge in [-0.25, -0.2) is 4.98 Å². The minimum atomic E-state index is -4.37. The van der Waals surface area contributed by atoms with Crippen molar-refractivity contribution in [2.45, 2.75) is 33.1 Å². The smallest absolute Gasteiger partial charge is 0.365 e. The molecule has 0 aliphatic carbocycles. The number of alkyl halides is 3. The highest BCUT2D eigenvalue weighted by molar-refractivity contribution is 5.57. The zero-order valence-electron chi connectivity index (χ0n) is 12.6. The summed E-state index contributed by atoms with van der Waals surface area (Å²) >= 11 is 0. The van der Waals surface area contributed by atoms with Crippen LogP contribution in [0.1, 0.15) is 17.0 Å². The molecule has 0 radical (unpaired) electrons. The van der Waals surface area contributed by atoms with Crippen LogP contribution in [0.4, 0.5) is 19.0 Å². The SMILES string of the molecule is Cc1cc(N2CCO[C@@H](C(F)(F)F)C2)n2nc(C)c(C)c2n1. The molecule has 0 bridgehead atoms. The first-order valence-electron chi connectivity index (χ1n) is 7.04. The normalized spacial score (nSPS) is 19.9. The molecule has 5 nitrogen and oxygen atoms in total. The Bertz CT molecular complexity index is 710. The number of nitrogens with zero attached hydrogens (tertiary/aromatic N) is 4. The van der Waals surface area contributed by atoms with Crippen molar-refractivity contribution in [2.75, 3.05) is 24.6 Å². The van der Waals surface area contributed by atoms with Crippen molar-refractivity contribution in [3.63, 3.8) is 0 Å². The van der Waals surface area contributed by atoms with Crippen molar-refractivity contribution in [3.8, 4) is 0 Å².